The third kappa shape index (κ3) is 7.67. The summed E-state index contributed by atoms with van der Waals surface area (Å²) in [5.74, 6) is 0.287. The number of hydrogen-bond donors (Lipinski definition) is 0. The predicted molar refractivity (Wildman–Crippen MR) is 116 cm³/mol. The van der Waals surface area contributed by atoms with E-state index < -0.39 is 11.7 Å². The first-order valence-corrected chi connectivity index (χ1v) is 10.1. The van der Waals surface area contributed by atoms with Crippen LogP contribution in [0, 0.1) is 0 Å². The van der Waals surface area contributed by atoms with Gasteiger partial charge in [-0.2, -0.15) is 13.2 Å². The second-order valence-electron chi connectivity index (χ2n) is 7.46. The number of piperidine rings is 1. The number of unbranched alkanes of at least 4 members (excludes halogenated alkanes) is 1. The van der Waals surface area contributed by atoms with Gasteiger partial charge >= 0.3 is 6.18 Å². The molecule has 1 saturated heterocycles. The van der Waals surface area contributed by atoms with E-state index >= 15 is 0 Å². The number of ether oxygens (including phenoxy) is 1. The molecule has 0 saturated carbocycles. The van der Waals surface area contributed by atoms with Crippen molar-refractivity contribution in [3.63, 3.8) is 0 Å². The Bertz CT molecular complexity index is 724. The minimum Gasteiger partial charge on any atom is -0.494 e. The fourth-order valence-electron chi connectivity index (χ4n) is 3.84. The zero-order chi connectivity index (χ0) is 19.8. The molecule has 2 nitrogen and oxygen atoms in total. The summed E-state index contributed by atoms with van der Waals surface area (Å²) >= 11 is 0. The predicted octanol–water partition coefficient (Wildman–Crippen LogP) is 6.54. The Morgan fingerprint density at radius 1 is 0.966 bits per heavy atom. The number of benzene rings is 2. The van der Waals surface area contributed by atoms with Gasteiger partial charge in [-0.15, -0.1) is 17.0 Å². The molecule has 6 heteroatoms. The van der Waals surface area contributed by atoms with Crippen molar-refractivity contribution in [3.05, 3.63) is 65.7 Å². The molecule has 0 amide bonds. The SMILES string of the molecule is Br.FC(F)(F)c1cccc(OCCCCN2CCCCC2Cc2ccccc2)c1. The van der Waals surface area contributed by atoms with E-state index in [9.17, 15) is 13.2 Å². The van der Waals surface area contributed by atoms with Crippen LogP contribution in [-0.2, 0) is 12.6 Å². The Morgan fingerprint density at radius 2 is 1.76 bits per heavy atom. The molecule has 1 fully saturated rings. The lowest BCUT2D eigenvalue weighted by Gasteiger charge is -2.36. The normalized spacial score (nSPS) is 17.6. The Balaban J connectivity index is 0.00000300. The van der Waals surface area contributed by atoms with E-state index in [1.165, 1.54) is 30.9 Å². The third-order valence-electron chi connectivity index (χ3n) is 5.33. The van der Waals surface area contributed by atoms with Crippen LogP contribution in [0.4, 0.5) is 13.2 Å². The highest BCUT2D eigenvalue weighted by Crippen LogP contribution is 2.31. The van der Waals surface area contributed by atoms with E-state index in [0.29, 0.717) is 12.6 Å². The molecule has 0 radical (unpaired) electrons. The molecule has 2 aromatic carbocycles. The molecule has 1 aliphatic rings. The summed E-state index contributed by atoms with van der Waals surface area (Å²) in [5.41, 5.74) is 0.717. The smallest absolute Gasteiger partial charge is 0.416 e. The summed E-state index contributed by atoms with van der Waals surface area (Å²) in [7, 11) is 0. The highest BCUT2D eigenvalue weighted by molar-refractivity contribution is 8.93. The van der Waals surface area contributed by atoms with Crippen LogP contribution in [0.2, 0.25) is 0 Å². The van der Waals surface area contributed by atoms with Crippen molar-refractivity contribution in [2.24, 2.45) is 0 Å². The lowest BCUT2D eigenvalue weighted by molar-refractivity contribution is -0.137. The van der Waals surface area contributed by atoms with Crippen LogP contribution in [0.1, 0.15) is 43.2 Å². The van der Waals surface area contributed by atoms with Crippen LogP contribution in [0.15, 0.2) is 54.6 Å². The Kier molecular flexibility index (Phi) is 9.50. The van der Waals surface area contributed by atoms with Gasteiger partial charge in [0.1, 0.15) is 5.75 Å². The maximum Gasteiger partial charge on any atom is 0.416 e. The molecule has 0 aliphatic carbocycles. The van der Waals surface area contributed by atoms with Gasteiger partial charge in [-0.05, 0) is 69.0 Å². The molecule has 1 aliphatic heterocycles. The van der Waals surface area contributed by atoms with Gasteiger partial charge in [-0.25, -0.2) is 0 Å². The van der Waals surface area contributed by atoms with Gasteiger partial charge < -0.3 is 9.64 Å². The zero-order valence-electron chi connectivity index (χ0n) is 16.5. The highest BCUT2D eigenvalue weighted by atomic mass is 79.9. The third-order valence-corrected chi connectivity index (χ3v) is 5.33. The molecule has 160 valence electrons. The minimum atomic E-state index is -4.33. The number of nitrogens with zero attached hydrogens (tertiary/aromatic N) is 1. The topological polar surface area (TPSA) is 12.5 Å². The molecule has 1 unspecified atom stereocenters. The molecular formula is C23H29BrF3NO. The maximum absolute atomic E-state index is 12.7. The van der Waals surface area contributed by atoms with E-state index in [-0.39, 0.29) is 22.7 Å². The van der Waals surface area contributed by atoms with E-state index in [0.717, 1.165) is 44.5 Å². The Labute approximate surface area is 181 Å². The number of hydrogen-bond acceptors (Lipinski definition) is 2. The van der Waals surface area contributed by atoms with Crippen LogP contribution < -0.4 is 4.74 Å². The first kappa shape index (κ1) is 23.7. The molecule has 0 aromatic heterocycles. The summed E-state index contributed by atoms with van der Waals surface area (Å²) in [5, 5.41) is 0. The van der Waals surface area contributed by atoms with Crippen LogP contribution in [-0.4, -0.2) is 30.6 Å². The highest BCUT2D eigenvalue weighted by Gasteiger charge is 2.30. The minimum absolute atomic E-state index is 0. The van der Waals surface area contributed by atoms with Crippen molar-refractivity contribution in [1.29, 1.82) is 0 Å². The van der Waals surface area contributed by atoms with Crippen molar-refractivity contribution >= 4 is 17.0 Å². The Hall–Kier alpha value is -1.53. The van der Waals surface area contributed by atoms with Crippen LogP contribution in [0.25, 0.3) is 0 Å². The number of halogens is 4. The molecule has 1 atom stereocenters. The van der Waals surface area contributed by atoms with Crippen LogP contribution >= 0.6 is 17.0 Å². The van der Waals surface area contributed by atoms with Gasteiger partial charge in [0, 0.05) is 6.04 Å². The monoisotopic (exact) mass is 471 g/mol. The number of likely N-dealkylation sites (tertiary alicyclic amines) is 1. The molecule has 1 heterocycles. The number of rotatable bonds is 8. The summed E-state index contributed by atoms with van der Waals surface area (Å²) in [6.45, 7) is 2.59. The van der Waals surface area contributed by atoms with E-state index in [1.54, 1.807) is 6.07 Å². The van der Waals surface area contributed by atoms with Gasteiger partial charge in [0.15, 0.2) is 0 Å². The van der Waals surface area contributed by atoms with E-state index in [4.69, 9.17) is 4.74 Å². The molecule has 0 N–H and O–H groups in total. The Morgan fingerprint density at radius 3 is 2.52 bits per heavy atom. The van der Waals surface area contributed by atoms with Gasteiger partial charge in [0.25, 0.3) is 0 Å². The van der Waals surface area contributed by atoms with Crippen molar-refractivity contribution < 1.29 is 17.9 Å². The number of alkyl halides is 3. The van der Waals surface area contributed by atoms with E-state index in [1.807, 2.05) is 6.07 Å². The molecule has 2 aromatic rings. The summed E-state index contributed by atoms with van der Waals surface area (Å²) in [4.78, 5) is 2.57. The lowest BCUT2D eigenvalue weighted by Crippen LogP contribution is -2.41. The molecule has 0 bridgehead atoms. The van der Waals surface area contributed by atoms with Gasteiger partial charge in [-0.1, -0.05) is 42.8 Å². The quantitative estimate of drug-likeness (QED) is 0.405. The maximum atomic E-state index is 12.7. The fraction of sp³-hybridized carbons (Fsp3) is 0.478. The zero-order valence-corrected chi connectivity index (χ0v) is 18.2. The average Bonchev–Trinajstić information content (AvgIpc) is 2.69. The molecule has 3 rings (SSSR count). The first-order valence-electron chi connectivity index (χ1n) is 10.1. The molecule has 29 heavy (non-hydrogen) atoms. The fourth-order valence-corrected chi connectivity index (χ4v) is 3.84. The van der Waals surface area contributed by atoms with Gasteiger partial charge in [0.05, 0.1) is 12.2 Å². The second-order valence-corrected chi connectivity index (χ2v) is 7.46. The van der Waals surface area contributed by atoms with Crippen LogP contribution in [0.3, 0.4) is 0 Å². The van der Waals surface area contributed by atoms with Gasteiger partial charge in [-0.3, -0.25) is 0 Å². The summed E-state index contributed by atoms with van der Waals surface area (Å²) in [6.07, 6.45) is 2.34. The van der Waals surface area contributed by atoms with Crippen molar-refractivity contribution in [1.82, 2.24) is 4.90 Å². The van der Waals surface area contributed by atoms with Crippen molar-refractivity contribution in [3.8, 4) is 5.75 Å². The summed E-state index contributed by atoms with van der Waals surface area (Å²) in [6, 6.07) is 16.3. The van der Waals surface area contributed by atoms with Crippen molar-refractivity contribution in [2.75, 3.05) is 19.7 Å². The average molecular weight is 472 g/mol. The summed E-state index contributed by atoms with van der Waals surface area (Å²) < 4.78 is 43.8. The van der Waals surface area contributed by atoms with Gasteiger partial charge in [0.2, 0.25) is 0 Å². The first-order chi connectivity index (χ1) is 13.5. The molecule has 0 spiro atoms. The molecular weight excluding hydrogens is 443 g/mol. The van der Waals surface area contributed by atoms with E-state index in [2.05, 4.69) is 29.2 Å². The van der Waals surface area contributed by atoms with Crippen LogP contribution in [0.5, 0.6) is 5.75 Å². The second kappa shape index (κ2) is 11.6. The van der Waals surface area contributed by atoms with Crippen molar-refractivity contribution in [2.45, 2.75) is 50.7 Å². The standard InChI is InChI=1S/C23H28F3NO.BrH/c24-23(25,26)20-11-8-13-22(18-20)28-16-7-6-15-27-14-5-4-12-21(27)17-19-9-2-1-3-10-19;/h1-3,8-11,13,18,21H,4-7,12,14-17H2;1H. The lowest BCUT2D eigenvalue weighted by atomic mass is 9.95. The largest absolute Gasteiger partial charge is 0.494 e.